The summed E-state index contributed by atoms with van der Waals surface area (Å²) in [6.07, 6.45) is 4.11. The van der Waals surface area contributed by atoms with Gasteiger partial charge in [-0.25, -0.2) is 0 Å². The van der Waals surface area contributed by atoms with Gasteiger partial charge in [-0.3, -0.25) is 4.79 Å². The van der Waals surface area contributed by atoms with E-state index in [0.29, 0.717) is 18.9 Å². The molecular formula is C18H28N2O. The molecule has 1 saturated heterocycles. The van der Waals surface area contributed by atoms with Crippen molar-refractivity contribution in [2.45, 2.75) is 52.0 Å². The first-order valence-corrected chi connectivity index (χ1v) is 8.21. The Hall–Kier alpha value is -1.35. The number of amides is 1. The van der Waals surface area contributed by atoms with Crippen LogP contribution in [0.25, 0.3) is 0 Å². The molecule has 0 aromatic heterocycles. The lowest BCUT2D eigenvalue weighted by atomic mass is 9.93. The first-order valence-electron chi connectivity index (χ1n) is 8.21. The van der Waals surface area contributed by atoms with Crippen molar-refractivity contribution in [3.8, 4) is 0 Å². The number of hydrogen-bond donors (Lipinski definition) is 2. The van der Waals surface area contributed by atoms with Crippen LogP contribution in [0.2, 0.25) is 0 Å². The molecule has 2 rings (SSSR count). The minimum absolute atomic E-state index is 0.182. The quantitative estimate of drug-likeness (QED) is 0.844. The highest BCUT2D eigenvalue weighted by atomic mass is 16.1. The van der Waals surface area contributed by atoms with Gasteiger partial charge in [0.1, 0.15) is 0 Å². The normalized spacial score (nSPS) is 16.1. The fourth-order valence-electron chi connectivity index (χ4n) is 2.82. The minimum atomic E-state index is 0.182. The van der Waals surface area contributed by atoms with Crippen molar-refractivity contribution >= 4 is 5.91 Å². The zero-order chi connectivity index (χ0) is 15.1. The molecule has 21 heavy (non-hydrogen) atoms. The Labute approximate surface area is 128 Å². The molecule has 1 aromatic rings. The molecule has 0 atom stereocenters. The zero-order valence-corrected chi connectivity index (χ0v) is 13.3. The van der Waals surface area contributed by atoms with Crippen molar-refractivity contribution in [2.24, 2.45) is 5.92 Å². The molecule has 1 aromatic carbocycles. The van der Waals surface area contributed by atoms with Crippen LogP contribution in [0, 0.1) is 5.92 Å². The summed E-state index contributed by atoms with van der Waals surface area (Å²) in [6.45, 7) is 7.24. The maximum Gasteiger partial charge on any atom is 0.220 e. The molecule has 1 heterocycles. The topological polar surface area (TPSA) is 41.1 Å². The molecular weight excluding hydrogens is 260 g/mol. The van der Waals surface area contributed by atoms with E-state index in [1.54, 1.807) is 0 Å². The molecule has 1 amide bonds. The first-order chi connectivity index (χ1) is 10.1. The van der Waals surface area contributed by atoms with Crippen molar-refractivity contribution in [3.05, 3.63) is 35.4 Å². The van der Waals surface area contributed by atoms with E-state index < -0.39 is 0 Å². The standard InChI is InChI=1S/C18H28N2O/c1-14(2)17-6-3-16(4-7-17)13-20-18(21)8-5-15-9-11-19-12-10-15/h3-4,6-7,14-15,19H,5,8-13H2,1-2H3,(H,20,21). The average Bonchev–Trinajstić information content (AvgIpc) is 2.52. The van der Waals surface area contributed by atoms with Crippen LogP contribution < -0.4 is 10.6 Å². The number of nitrogens with one attached hydrogen (secondary N) is 2. The van der Waals surface area contributed by atoms with Gasteiger partial charge in [0.15, 0.2) is 0 Å². The van der Waals surface area contributed by atoms with Gasteiger partial charge in [0.05, 0.1) is 0 Å². The summed E-state index contributed by atoms with van der Waals surface area (Å²) >= 11 is 0. The van der Waals surface area contributed by atoms with E-state index in [-0.39, 0.29) is 5.91 Å². The van der Waals surface area contributed by atoms with Crippen molar-refractivity contribution in [1.82, 2.24) is 10.6 Å². The Morgan fingerprint density at radius 2 is 1.90 bits per heavy atom. The van der Waals surface area contributed by atoms with Crippen LogP contribution in [0.3, 0.4) is 0 Å². The number of benzene rings is 1. The molecule has 0 bridgehead atoms. The third-order valence-electron chi connectivity index (χ3n) is 4.37. The van der Waals surface area contributed by atoms with Crippen molar-refractivity contribution < 1.29 is 4.79 Å². The minimum Gasteiger partial charge on any atom is -0.352 e. The molecule has 1 aliphatic heterocycles. The SMILES string of the molecule is CC(C)c1ccc(CNC(=O)CCC2CCNCC2)cc1. The summed E-state index contributed by atoms with van der Waals surface area (Å²) in [5.74, 6) is 1.46. The zero-order valence-electron chi connectivity index (χ0n) is 13.3. The number of piperidine rings is 1. The summed E-state index contributed by atoms with van der Waals surface area (Å²) in [7, 11) is 0. The summed E-state index contributed by atoms with van der Waals surface area (Å²) in [6, 6.07) is 8.53. The molecule has 0 unspecified atom stereocenters. The third-order valence-corrected chi connectivity index (χ3v) is 4.37. The van der Waals surface area contributed by atoms with Gasteiger partial charge in [-0.15, -0.1) is 0 Å². The smallest absolute Gasteiger partial charge is 0.220 e. The van der Waals surface area contributed by atoms with Crippen molar-refractivity contribution in [1.29, 1.82) is 0 Å². The molecule has 2 N–H and O–H groups in total. The van der Waals surface area contributed by atoms with E-state index in [9.17, 15) is 4.79 Å². The second-order valence-electron chi connectivity index (χ2n) is 6.41. The molecule has 1 aliphatic rings. The summed E-state index contributed by atoms with van der Waals surface area (Å²) in [4.78, 5) is 11.9. The Kier molecular flexibility index (Phi) is 6.24. The highest BCUT2D eigenvalue weighted by molar-refractivity contribution is 5.75. The first kappa shape index (κ1) is 16.0. The highest BCUT2D eigenvalue weighted by Crippen LogP contribution is 2.18. The predicted octanol–water partition coefficient (Wildman–Crippen LogP) is 3.21. The van der Waals surface area contributed by atoms with Gasteiger partial charge < -0.3 is 10.6 Å². The Morgan fingerprint density at radius 3 is 2.52 bits per heavy atom. The van der Waals surface area contributed by atoms with Crippen molar-refractivity contribution in [2.75, 3.05) is 13.1 Å². The second-order valence-corrected chi connectivity index (χ2v) is 6.41. The fourth-order valence-corrected chi connectivity index (χ4v) is 2.82. The van der Waals surface area contributed by atoms with Crippen LogP contribution in [0.5, 0.6) is 0 Å². The third kappa shape index (κ3) is 5.50. The lowest BCUT2D eigenvalue weighted by molar-refractivity contribution is -0.121. The average molecular weight is 288 g/mol. The lowest BCUT2D eigenvalue weighted by Gasteiger charge is -2.22. The Morgan fingerprint density at radius 1 is 1.24 bits per heavy atom. The number of carbonyl (C=O) groups is 1. The van der Waals surface area contributed by atoms with Gasteiger partial charge in [-0.05, 0) is 55.3 Å². The van der Waals surface area contributed by atoms with Gasteiger partial charge >= 0.3 is 0 Å². The predicted molar refractivity (Wildman–Crippen MR) is 87.2 cm³/mol. The van der Waals surface area contributed by atoms with Crippen LogP contribution in [0.4, 0.5) is 0 Å². The van der Waals surface area contributed by atoms with Crippen molar-refractivity contribution in [3.63, 3.8) is 0 Å². The van der Waals surface area contributed by atoms with Gasteiger partial charge in [0, 0.05) is 13.0 Å². The van der Waals surface area contributed by atoms with E-state index in [1.165, 1.54) is 24.0 Å². The number of carbonyl (C=O) groups excluding carboxylic acids is 1. The van der Waals surface area contributed by atoms with Gasteiger partial charge in [-0.1, -0.05) is 38.1 Å². The maximum absolute atomic E-state index is 11.9. The fraction of sp³-hybridized carbons (Fsp3) is 0.611. The molecule has 1 fully saturated rings. The van der Waals surface area contributed by atoms with Gasteiger partial charge in [-0.2, -0.15) is 0 Å². The number of hydrogen-bond acceptors (Lipinski definition) is 2. The van der Waals surface area contributed by atoms with Crippen LogP contribution in [0.1, 0.15) is 56.6 Å². The monoisotopic (exact) mass is 288 g/mol. The largest absolute Gasteiger partial charge is 0.352 e. The second kappa shape index (κ2) is 8.18. The summed E-state index contributed by atoms with van der Waals surface area (Å²) in [5, 5.41) is 6.39. The number of rotatable bonds is 6. The van der Waals surface area contributed by atoms with Gasteiger partial charge in [0.2, 0.25) is 5.91 Å². The Balaban J connectivity index is 1.68. The Bertz CT molecular complexity index is 433. The van der Waals surface area contributed by atoms with Crippen LogP contribution in [0.15, 0.2) is 24.3 Å². The lowest BCUT2D eigenvalue weighted by Crippen LogP contribution is -2.29. The van der Waals surface area contributed by atoms with Crippen LogP contribution in [-0.4, -0.2) is 19.0 Å². The molecule has 0 spiro atoms. The molecule has 3 heteroatoms. The van der Waals surface area contributed by atoms with E-state index in [2.05, 4.69) is 48.7 Å². The molecule has 0 radical (unpaired) electrons. The van der Waals surface area contributed by atoms with E-state index in [4.69, 9.17) is 0 Å². The van der Waals surface area contributed by atoms with Crippen LogP contribution >= 0.6 is 0 Å². The summed E-state index contributed by atoms with van der Waals surface area (Å²) < 4.78 is 0. The molecule has 116 valence electrons. The maximum atomic E-state index is 11.9. The highest BCUT2D eigenvalue weighted by Gasteiger charge is 2.14. The van der Waals surface area contributed by atoms with E-state index >= 15 is 0 Å². The molecule has 0 aliphatic carbocycles. The molecule has 3 nitrogen and oxygen atoms in total. The molecule has 0 saturated carbocycles. The van der Waals surface area contributed by atoms with E-state index in [1.807, 2.05) is 0 Å². The summed E-state index contributed by atoms with van der Waals surface area (Å²) in [5.41, 5.74) is 2.52. The van der Waals surface area contributed by atoms with Gasteiger partial charge in [0.25, 0.3) is 0 Å². The van der Waals surface area contributed by atoms with E-state index in [0.717, 1.165) is 25.4 Å². The van der Waals surface area contributed by atoms with Crippen LogP contribution in [-0.2, 0) is 11.3 Å².